The molecule has 0 bridgehead atoms. The molecule has 1 aliphatic rings. The molecule has 0 fully saturated rings. The Morgan fingerprint density at radius 2 is 2.10 bits per heavy atom. The van der Waals surface area contributed by atoms with Crippen molar-refractivity contribution in [2.75, 3.05) is 0 Å². The van der Waals surface area contributed by atoms with E-state index >= 15 is 0 Å². The summed E-state index contributed by atoms with van der Waals surface area (Å²) in [6, 6.07) is 0. The third kappa shape index (κ3) is 4.00. The van der Waals surface area contributed by atoms with E-state index in [-0.39, 0.29) is 48.0 Å². The minimum absolute atomic E-state index is 0. The molecule has 1 rings (SSSR count). The molecule has 10 heavy (non-hydrogen) atoms. The van der Waals surface area contributed by atoms with Crippen molar-refractivity contribution in [1.82, 2.24) is 0 Å². The second-order valence-electron chi connectivity index (χ2n) is 1.96. The van der Waals surface area contributed by atoms with E-state index in [0.29, 0.717) is 0 Å². The first-order valence-electron chi connectivity index (χ1n) is 2.94. The molecule has 0 radical (unpaired) electrons. The van der Waals surface area contributed by atoms with E-state index in [0.717, 1.165) is 0 Å². The smallest absolute Gasteiger partial charge is 0.107 e. The number of hydrogen-bond acceptors (Lipinski definition) is 0. The molecule has 0 unspecified atom stereocenters. The quantitative estimate of drug-likeness (QED) is 0.549. The number of halogens is 2. The number of allylic oxidation sites excluding steroid dienone is 4. The van der Waals surface area contributed by atoms with Gasteiger partial charge >= 0.3 is 65.5 Å². The van der Waals surface area contributed by atoms with Crippen LogP contribution in [0.4, 0.5) is 0 Å². The van der Waals surface area contributed by atoms with Crippen molar-refractivity contribution in [1.29, 1.82) is 0 Å². The van der Waals surface area contributed by atoms with Gasteiger partial charge in [0.1, 0.15) is 0 Å². The van der Waals surface area contributed by atoms with Crippen LogP contribution in [0.15, 0.2) is 21.0 Å². The Kier molecular flexibility index (Phi) is 10.7. The van der Waals surface area contributed by atoms with Gasteiger partial charge in [-0.2, -0.15) is 0 Å². The van der Waals surface area contributed by atoms with Crippen LogP contribution in [-0.4, -0.2) is 0 Å². The van der Waals surface area contributed by atoms with Gasteiger partial charge in [0.2, 0.25) is 0 Å². The van der Waals surface area contributed by atoms with Crippen molar-refractivity contribution in [2.24, 2.45) is 0 Å². The van der Waals surface area contributed by atoms with Crippen LogP contribution in [0.5, 0.6) is 0 Å². The fraction of sp³-hybridized carbons (Fsp3) is 0.429. The summed E-state index contributed by atoms with van der Waals surface area (Å²) in [5, 5.41) is 0. The van der Waals surface area contributed by atoms with Crippen LogP contribution in [0.1, 0.15) is 19.8 Å². The van der Waals surface area contributed by atoms with Gasteiger partial charge in [0.05, 0.1) is 0 Å². The summed E-state index contributed by atoms with van der Waals surface area (Å²) in [6.07, 6.45) is 6.95. The molecule has 0 atom stereocenters. The Balaban J connectivity index is 0. The summed E-state index contributed by atoms with van der Waals surface area (Å²) in [6.45, 7) is 2.22. The third-order valence-corrected chi connectivity index (χ3v) is 2.70. The second kappa shape index (κ2) is 7.47. The molecule has 0 aliphatic heterocycles. The summed E-state index contributed by atoms with van der Waals surface area (Å²) in [5.74, 6) is 0. The van der Waals surface area contributed by atoms with Gasteiger partial charge in [-0.05, 0) is 0 Å². The van der Waals surface area contributed by atoms with E-state index in [1.807, 2.05) is 0 Å². The van der Waals surface area contributed by atoms with Crippen LogP contribution in [0.2, 0.25) is 0 Å². The predicted octanol–water partition coefficient (Wildman–Crippen LogP) is 3.39. The summed E-state index contributed by atoms with van der Waals surface area (Å²) in [4.78, 5) is 0. The molecule has 0 N–H and O–H groups in total. The van der Waals surface area contributed by atoms with E-state index < -0.39 is 0 Å². The zero-order valence-corrected chi connectivity index (χ0v) is 13.0. The van der Waals surface area contributed by atoms with Crippen LogP contribution in [0.25, 0.3) is 0 Å². The Morgan fingerprint density at radius 3 is 2.30 bits per heavy atom. The van der Waals surface area contributed by atoms with Gasteiger partial charge in [-0.3, -0.25) is 0 Å². The molecule has 1 aliphatic carbocycles. The van der Waals surface area contributed by atoms with Gasteiger partial charge in [-0.1, -0.05) is 0 Å². The van der Waals surface area contributed by atoms with Crippen molar-refractivity contribution in [3.8, 4) is 0 Å². The maximum atomic E-state index is 2.25. The molecule has 0 amide bonds. The monoisotopic (exact) mass is 439 g/mol. The normalized spacial score (nSPS) is 14.4. The Labute approximate surface area is 112 Å². The van der Waals surface area contributed by atoms with Crippen molar-refractivity contribution < 1.29 is 24.7 Å². The molecule has 0 heterocycles. The van der Waals surface area contributed by atoms with Crippen LogP contribution in [0, 0.1) is 0 Å². The largest absolute Gasteiger partial charge is 0.107 e. The molecular weight excluding hydrogens is 429 g/mol. The van der Waals surface area contributed by atoms with Crippen LogP contribution < -0.4 is 0 Å². The van der Waals surface area contributed by atoms with E-state index in [4.69, 9.17) is 0 Å². The Bertz CT molecular complexity index is 150. The third-order valence-electron chi connectivity index (χ3n) is 1.41. The average molecular weight is 440 g/mol. The first kappa shape index (κ1) is 14.4. The van der Waals surface area contributed by atoms with Crippen LogP contribution in [-0.2, 0) is 24.7 Å². The SMILES string of the molecule is CCC1=[C]([Zr])CC=C1.I.I. The maximum Gasteiger partial charge on any atom is -0.107 e. The molecule has 0 aromatic rings. The minimum Gasteiger partial charge on any atom is -0.107 e. The average Bonchev–Trinajstić information content (AvgIpc) is 2.14. The van der Waals surface area contributed by atoms with E-state index in [2.05, 4.69) is 19.1 Å². The first-order valence-corrected chi connectivity index (χ1v) is 4.17. The summed E-state index contributed by atoms with van der Waals surface area (Å²) >= 11 is 1.60. The summed E-state index contributed by atoms with van der Waals surface area (Å²) in [7, 11) is 0. The van der Waals surface area contributed by atoms with Crippen molar-refractivity contribution in [3.05, 3.63) is 21.0 Å². The molecular formula is C7H11I2Zr. The first-order chi connectivity index (χ1) is 3.84. The minimum atomic E-state index is 0. The van der Waals surface area contributed by atoms with Crippen molar-refractivity contribution in [3.63, 3.8) is 0 Å². The van der Waals surface area contributed by atoms with Gasteiger partial charge in [-0.15, -0.1) is 48.0 Å². The fourth-order valence-corrected chi connectivity index (χ4v) is 1.81. The summed E-state index contributed by atoms with van der Waals surface area (Å²) in [5.41, 5.74) is 1.57. The van der Waals surface area contributed by atoms with Gasteiger partial charge in [0, 0.05) is 0 Å². The van der Waals surface area contributed by atoms with E-state index in [9.17, 15) is 0 Å². The summed E-state index contributed by atoms with van der Waals surface area (Å²) < 4.78 is 1.64. The molecule has 0 spiro atoms. The van der Waals surface area contributed by atoms with Gasteiger partial charge in [0.15, 0.2) is 0 Å². The fourth-order valence-electron chi connectivity index (χ4n) is 0.882. The Hall–Kier alpha value is 1.82. The van der Waals surface area contributed by atoms with Gasteiger partial charge < -0.3 is 0 Å². The molecule has 0 aromatic carbocycles. The van der Waals surface area contributed by atoms with Crippen LogP contribution >= 0.6 is 48.0 Å². The zero-order chi connectivity index (χ0) is 5.98. The molecule has 0 nitrogen and oxygen atoms in total. The maximum absolute atomic E-state index is 2.25. The van der Waals surface area contributed by atoms with E-state index in [1.54, 1.807) is 33.6 Å². The van der Waals surface area contributed by atoms with Gasteiger partial charge in [-0.25, -0.2) is 0 Å². The number of rotatable bonds is 1. The van der Waals surface area contributed by atoms with E-state index in [1.165, 1.54) is 12.8 Å². The van der Waals surface area contributed by atoms with Crippen molar-refractivity contribution in [2.45, 2.75) is 19.8 Å². The zero-order valence-electron chi connectivity index (χ0n) is 5.89. The Morgan fingerprint density at radius 1 is 1.50 bits per heavy atom. The van der Waals surface area contributed by atoms with Gasteiger partial charge in [0.25, 0.3) is 0 Å². The molecule has 0 saturated carbocycles. The molecule has 0 saturated heterocycles. The topological polar surface area (TPSA) is 0 Å². The van der Waals surface area contributed by atoms with Crippen molar-refractivity contribution >= 4 is 48.0 Å². The molecule has 0 aromatic heterocycles. The molecule has 3 heteroatoms. The number of hydrogen-bond donors (Lipinski definition) is 0. The predicted molar refractivity (Wildman–Crippen MR) is 61.9 cm³/mol. The standard InChI is InChI=1S/C7H9.2HI.Zr/c1-2-7-5-3-4-6-7;;;/h3,5H,2,4H2,1H3;2*1H;. The molecule has 57 valence electrons. The van der Waals surface area contributed by atoms with Crippen LogP contribution in [0.3, 0.4) is 0 Å². The second-order valence-corrected chi connectivity index (χ2v) is 3.45.